The Balaban J connectivity index is 2.49. The number of hydrogen-bond donors (Lipinski definition) is 0. The van der Waals surface area contributed by atoms with Crippen molar-refractivity contribution in [1.82, 2.24) is 9.78 Å². The summed E-state index contributed by atoms with van der Waals surface area (Å²) in [4.78, 5) is 0. The SMILES string of the molecule is FC(F)(F)c1cccc(-n2nccc2Cl)c1. The fourth-order valence-corrected chi connectivity index (χ4v) is 1.49. The van der Waals surface area contributed by atoms with E-state index in [4.69, 9.17) is 11.6 Å². The number of benzene rings is 1. The Morgan fingerprint density at radius 2 is 1.94 bits per heavy atom. The Morgan fingerprint density at radius 1 is 1.19 bits per heavy atom. The van der Waals surface area contributed by atoms with E-state index in [1.807, 2.05) is 0 Å². The molecule has 0 saturated carbocycles. The summed E-state index contributed by atoms with van der Waals surface area (Å²) < 4.78 is 38.6. The number of hydrogen-bond acceptors (Lipinski definition) is 1. The number of halogens is 4. The van der Waals surface area contributed by atoms with Gasteiger partial charge in [0.25, 0.3) is 0 Å². The van der Waals surface area contributed by atoms with Crippen molar-refractivity contribution in [3.8, 4) is 5.69 Å². The van der Waals surface area contributed by atoms with Crippen LogP contribution in [0.3, 0.4) is 0 Å². The molecule has 0 fully saturated rings. The smallest absolute Gasteiger partial charge is 0.222 e. The van der Waals surface area contributed by atoms with Gasteiger partial charge in [0, 0.05) is 0 Å². The number of rotatable bonds is 1. The van der Waals surface area contributed by atoms with E-state index in [2.05, 4.69) is 5.10 Å². The topological polar surface area (TPSA) is 17.8 Å². The van der Waals surface area contributed by atoms with Gasteiger partial charge in [-0.05, 0) is 24.3 Å². The molecule has 0 aliphatic rings. The van der Waals surface area contributed by atoms with Crippen molar-refractivity contribution in [2.45, 2.75) is 6.18 Å². The zero-order valence-electron chi connectivity index (χ0n) is 7.87. The van der Waals surface area contributed by atoms with Crippen molar-refractivity contribution in [3.05, 3.63) is 47.2 Å². The van der Waals surface area contributed by atoms with Crippen LogP contribution >= 0.6 is 11.6 Å². The first-order valence-electron chi connectivity index (χ1n) is 4.35. The van der Waals surface area contributed by atoms with E-state index in [9.17, 15) is 13.2 Å². The average Bonchev–Trinajstić information content (AvgIpc) is 2.63. The lowest BCUT2D eigenvalue weighted by atomic mass is 10.2. The minimum atomic E-state index is -4.37. The van der Waals surface area contributed by atoms with Crippen LogP contribution in [0.2, 0.25) is 5.15 Å². The minimum Gasteiger partial charge on any atom is -0.222 e. The predicted molar refractivity (Wildman–Crippen MR) is 53.6 cm³/mol. The van der Waals surface area contributed by atoms with Crippen LogP contribution in [0, 0.1) is 0 Å². The van der Waals surface area contributed by atoms with Crippen molar-refractivity contribution in [3.63, 3.8) is 0 Å². The molecule has 0 N–H and O–H groups in total. The molecule has 0 spiro atoms. The average molecular weight is 247 g/mol. The Kier molecular flexibility index (Phi) is 2.63. The van der Waals surface area contributed by atoms with Crippen LogP contribution in [0.1, 0.15) is 5.56 Å². The molecule has 2 aromatic rings. The molecule has 84 valence electrons. The summed E-state index contributed by atoms with van der Waals surface area (Å²) >= 11 is 5.76. The van der Waals surface area contributed by atoms with Crippen molar-refractivity contribution >= 4 is 11.6 Å². The molecule has 0 unspecified atom stereocenters. The van der Waals surface area contributed by atoms with Gasteiger partial charge >= 0.3 is 6.18 Å². The first-order chi connectivity index (χ1) is 7.48. The van der Waals surface area contributed by atoms with Gasteiger partial charge in [0.05, 0.1) is 17.4 Å². The molecule has 2 nitrogen and oxygen atoms in total. The lowest BCUT2D eigenvalue weighted by Crippen LogP contribution is -2.06. The highest BCUT2D eigenvalue weighted by Crippen LogP contribution is 2.30. The number of alkyl halides is 3. The Morgan fingerprint density at radius 3 is 2.50 bits per heavy atom. The van der Waals surface area contributed by atoms with Crippen LogP contribution in [0.15, 0.2) is 36.5 Å². The lowest BCUT2D eigenvalue weighted by Gasteiger charge is -2.09. The van der Waals surface area contributed by atoms with Crippen molar-refractivity contribution in [1.29, 1.82) is 0 Å². The van der Waals surface area contributed by atoms with Crippen LogP contribution in [0.25, 0.3) is 5.69 Å². The van der Waals surface area contributed by atoms with Gasteiger partial charge in [0.2, 0.25) is 0 Å². The molecule has 1 aromatic carbocycles. The molecule has 0 aliphatic carbocycles. The van der Waals surface area contributed by atoms with Crippen LogP contribution in [0.4, 0.5) is 13.2 Å². The molecule has 0 radical (unpaired) electrons. The molecule has 6 heteroatoms. The summed E-state index contributed by atoms with van der Waals surface area (Å²) in [6, 6.07) is 6.33. The van der Waals surface area contributed by atoms with Crippen LogP contribution < -0.4 is 0 Å². The molecule has 0 bridgehead atoms. The molecular formula is C10H6ClF3N2. The summed E-state index contributed by atoms with van der Waals surface area (Å²) in [7, 11) is 0. The van der Waals surface area contributed by atoms with Crippen LogP contribution in [-0.4, -0.2) is 9.78 Å². The van der Waals surface area contributed by atoms with Gasteiger partial charge in [-0.2, -0.15) is 18.3 Å². The Hall–Kier alpha value is -1.49. The Bertz CT molecular complexity index is 505. The fourth-order valence-electron chi connectivity index (χ4n) is 1.29. The van der Waals surface area contributed by atoms with Crippen molar-refractivity contribution in [2.75, 3.05) is 0 Å². The Labute approximate surface area is 94.3 Å². The molecule has 1 aromatic heterocycles. The van der Waals surface area contributed by atoms with E-state index in [-0.39, 0.29) is 10.8 Å². The van der Waals surface area contributed by atoms with Crippen molar-refractivity contribution < 1.29 is 13.2 Å². The maximum atomic E-state index is 12.4. The number of nitrogens with zero attached hydrogens (tertiary/aromatic N) is 2. The molecule has 0 amide bonds. The van der Waals surface area contributed by atoms with Gasteiger partial charge < -0.3 is 0 Å². The first-order valence-corrected chi connectivity index (χ1v) is 4.73. The lowest BCUT2D eigenvalue weighted by molar-refractivity contribution is -0.137. The van der Waals surface area contributed by atoms with Gasteiger partial charge in [-0.15, -0.1) is 0 Å². The van der Waals surface area contributed by atoms with Gasteiger partial charge in [0.1, 0.15) is 5.15 Å². The minimum absolute atomic E-state index is 0.263. The monoisotopic (exact) mass is 246 g/mol. The highest BCUT2D eigenvalue weighted by Gasteiger charge is 2.30. The van der Waals surface area contributed by atoms with Gasteiger partial charge in [0.15, 0.2) is 0 Å². The summed E-state index contributed by atoms with van der Waals surface area (Å²) in [6.45, 7) is 0. The van der Waals surface area contributed by atoms with Gasteiger partial charge in [-0.25, -0.2) is 4.68 Å². The molecule has 1 heterocycles. The summed E-state index contributed by atoms with van der Waals surface area (Å²) in [5, 5.41) is 4.09. The van der Waals surface area contributed by atoms with E-state index in [0.29, 0.717) is 0 Å². The molecule has 16 heavy (non-hydrogen) atoms. The number of aromatic nitrogens is 2. The maximum absolute atomic E-state index is 12.4. The third-order valence-corrected chi connectivity index (χ3v) is 2.30. The highest BCUT2D eigenvalue weighted by atomic mass is 35.5. The molecule has 2 rings (SSSR count). The van der Waals surface area contributed by atoms with E-state index in [0.717, 1.165) is 12.1 Å². The predicted octanol–water partition coefficient (Wildman–Crippen LogP) is 3.54. The first kappa shape index (κ1) is 11.0. The largest absolute Gasteiger partial charge is 0.416 e. The summed E-state index contributed by atoms with van der Waals surface area (Å²) in [5.74, 6) is 0. The van der Waals surface area contributed by atoms with E-state index >= 15 is 0 Å². The van der Waals surface area contributed by atoms with E-state index in [1.54, 1.807) is 0 Å². The zero-order chi connectivity index (χ0) is 11.8. The van der Waals surface area contributed by atoms with Gasteiger partial charge in [-0.3, -0.25) is 0 Å². The second-order valence-electron chi connectivity index (χ2n) is 3.11. The normalized spacial score (nSPS) is 11.8. The highest BCUT2D eigenvalue weighted by molar-refractivity contribution is 6.29. The molecular weight excluding hydrogens is 241 g/mol. The van der Waals surface area contributed by atoms with E-state index < -0.39 is 11.7 Å². The summed E-state index contributed by atoms with van der Waals surface area (Å²) in [6.07, 6.45) is -2.95. The quantitative estimate of drug-likeness (QED) is 0.752. The molecule has 0 atom stereocenters. The van der Waals surface area contributed by atoms with Crippen LogP contribution in [-0.2, 0) is 6.18 Å². The summed E-state index contributed by atoms with van der Waals surface area (Å²) in [5.41, 5.74) is -0.443. The van der Waals surface area contributed by atoms with E-state index in [1.165, 1.54) is 29.1 Å². The van der Waals surface area contributed by atoms with Crippen molar-refractivity contribution in [2.24, 2.45) is 0 Å². The third kappa shape index (κ3) is 2.04. The fraction of sp³-hybridized carbons (Fsp3) is 0.100. The van der Waals surface area contributed by atoms with Gasteiger partial charge in [-0.1, -0.05) is 17.7 Å². The van der Waals surface area contributed by atoms with Crippen LogP contribution in [0.5, 0.6) is 0 Å². The molecule has 0 aliphatic heterocycles. The second-order valence-corrected chi connectivity index (χ2v) is 3.50. The standard InChI is InChI=1S/C10H6ClF3N2/c11-9-4-5-15-16(9)8-3-1-2-7(6-8)10(12,13)14/h1-6H. The third-order valence-electron chi connectivity index (χ3n) is 2.01. The zero-order valence-corrected chi connectivity index (χ0v) is 8.63. The molecule has 0 saturated heterocycles. The second kappa shape index (κ2) is 3.83. The maximum Gasteiger partial charge on any atom is 0.416 e.